The van der Waals surface area contributed by atoms with Crippen LogP contribution in [0, 0.1) is 0 Å². The number of fused-ring (bicyclic) bond motifs is 1. The number of esters is 1. The smallest absolute Gasteiger partial charge is 0.338 e. The molecule has 0 bridgehead atoms. The fourth-order valence-electron chi connectivity index (χ4n) is 3.39. The topological polar surface area (TPSA) is 81.9 Å². The molecule has 2 aromatic rings. The number of hydrogen-bond acceptors (Lipinski definition) is 6. The Morgan fingerprint density at radius 3 is 2.82 bits per heavy atom. The van der Waals surface area contributed by atoms with Crippen molar-refractivity contribution in [1.29, 1.82) is 0 Å². The van der Waals surface area contributed by atoms with Crippen molar-refractivity contribution in [2.45, 2.75) is 58.4 Å². The molecule has 0 radical (unpaired) electrons. The summed E-state index contributed by atoms with van der Waals surface area (Å²) >= 11 is 3.50. The van der Waals surface area contributed by atoms with Crippen LogP contribution in [0.3, 0.4) is 0 Å². The monoisotopic (exact) mass is 447 g/mol. The van der Waals surface area contributed by atoms with Crippen LogP contribution >= 0.6 is 15.9 Å². The highest BCUT2D eigenvalue weighted by Crippen LogP contribution is 2.35. The van der Waals surface area contributed by atoms with Crippen LogP contribution in [0.4, 0.5) is 5.95 Å². The first-order valence-corrected chi connectivity index (χ1v) is 10.6. The van der Waals surface area contributed by atoms with Crippen molar-refractivity contribution in [3.8, 4) is 0 Å². The van der Waals surface area contributed by atoms with E-state index in [2.05, 4.69) is 43.7 Å². The van der Waals surface area contributed by atoms with E-state index in [9.17, 15) is 4.79 Å². The molecule has 0 amide bonds. The van der Waals surface area contributed by atoms with Gasteiger partial charge in [-0.1, -0.05) is 72.2 Å². The van der Waals surface area contributed by atoms with Crippen LogP contribution in [0.1, 0.15) is 64.0 Å². The molecule has 7 nitrogen and oxygen atoms in total. The lowest BCUT2D eigenvalue weighted by molar-refractivity contribution is -0.139. The maximum Gasteiger partial charge on any atom is 0.338 e. The number of allylic oxidation sites excluding steroid dienone is 1. The molecule has 0 aliphatic carbocycles. The fraction of sp³-hybridized carbons (Fsp3) is 0.500. The van der Waals surface area contributed by atoms with Gasteiger partial charge < -0.3 is 10.1 Å². The van der Waals surface area contributed by atoms with E-state index in [1.165, 1.54) is 25.7 Å². The fourth-order valence-corrected chi connectivity index (χ4v) is 3.80. The molecule has 0 saturated heterocycles. The van der Waals surface area contributed by atoms with E-state index < -0.39 is 6.04 Å². The molecule has 8 heteroatoms. The van der Waals surface area contributed by atoms with Crippen LogP contribution in [0.15, 0.2) is 40.0 Å². The zero-order valence-corrected chi connectivity index (χ0v) is 17.9. The highest BCUT2D eigenvalue weighted by molar-refractivity contribution is 9.10. The van der Waals surface area contributed by atoms with E-state index in [0.29, 0.717) is 23.8 Å². The van der Waals surface area contributed by atoms with E-state index >= 15 is 0 Å². The first-order chi connectivity index (χ1) is 13.6. The Bertz CT molecular complexity index is 849. The van der Waals surface area contributed by atoms with Gasteiger partial charge in [0, 0.05) is 10.2 Å². The Labute approximate surface area is 173 Å². The van der Waals surface area contributed by atoms with Gasteiger partial charge >= 0.3 is 5.97 Å². The van der Waals surface area contributed by atoms with Crippen LogP contribution in [0.5, 0.6) is 0 Å². The van der Waals surface area contributed by atoms with Crippen molar-refractivity contribution in [2.75, 3.05) is 11.9 Å². The molecule has 1 aliphatic rings. The molecule has 150 valence electrons. The summed E-state index contributed by atoms with van der Waals surface area (Å²) in [6, 6.07) is 7.37. The van der Waals surface area contributed by atoms with Crippen molar-refractivity contribution in [3.63, 3.8) is 0 Å². The average Bonchev–Trinajstić information content (AvgIpc) is 3.14. The lowest BCUT2D eigenvalue weighted by Crippen LogP contribution is -2.29. The predicted molar refractivity (Wildman–Crippen MR) is 111 cm³/mol. The van der Waals surface area contributed by atoms with Crippen LogP contribution in [0.2, 0.25) is 0 Å². The van der Waals surface area contributed by atoms with Crippen molar-refractivity contribution in [3.05, 3.63) is 45.6 Å². The molecule has 1 N–H and O–H groups in total. The molecule has 0 saturated carbocycles. The standard InChI is InChI=1S/C20H26BrN5O2/c1-3-4-5-6-7-8-12-28-19(27)17-14(2)22-20-23-24-25-26(20)18(17)15-10-9-11-16(21)13-15/h9-11,13,18H,3-8,12H2,1-2H3,(H,22,23,25). The Morgan fingerprint density at radius 2 is 2.04 bits per heavy atom. The molecule has 1 aliphatic heterocycles. The van der Waals surface area contributed by atoms with Gasteiger partial charge in [-0.05, 0) is 41.5 Å². The van der Waals surface area contributed by atoms with Gasteiger partial charge in [0.05, 0.1) is 12.2 Å². The SMILES string of the molecule is CCCCCCCCOC(=O)C1=C(C)Nc2nnnn2C1c1cccc(Br)c1. The summed E-state index contributed by atoms with van der Waals surface area (Å²) in [4.78, 5) is 12.9. The highest BCUT2D eigenvalue weighted by atomic mass is 79.9. The second-order valence-corrected chi connectivity index (χ2v) is 7.89. The number of ether oxygens (including phenoxy) is 1. The lowest BCUT2D eigenvalue weighted by Gasteiger charge is -2.27. The number of carbonyl (C=O) groups is 1. The minimum Gasteiger partial charge on any atom is -0.462 e. The normalized spacial score (nSPS) is 15.9. The van der Waals surface area contributed by atoms with E-state index in [4.69, 9.17) is 4.74 Å². The number of unbranched alkanes of at least 4 members (excludes halogenated alkanes) is 5. The molecule has 0 spiro atoms. The second kappa shape index (κ2) is 9.82. The second-order valence-electron chi connectivity index (χ2n) is 6.97. The van der Waals surface area contributed by atoms with E-state index in [-0.39, 0.29) is 5.97 Å². The van der Waals surface area contributed by atoms with E-state index in [0.717, 1.165) is 22.9 Å². The number of nitrogens with zero attached hydrogens (tertiary/aromatic N) is 4. The number of halogens is 1. The third kappa shape index (κ3) is 4.79. The molecule has 1 aromatic heterocycles. The lowest BCUT2D eigenvalue weighted by atomic mass is 9.96. The number of benzene rings is 1. The number of carbonyl (C=O) groups excluding carboxylic acids is 1. The Balaban J connectivity index is 1.73. The molecule has 28 heavy (non-hydrogen) atoms. The summed E-state index contributed by atoms with van der Waals surface area (Å²) in [6.45, 7) is 4.48. The van der Waals surface area contributed by atoms with Gasteiger partial charge in [0.1, 0.15) is 6.04 Å². The number of rotatable bonds is 9. The maximum atomic E-state index is 12.9. The molecular formula is C20H26BrN5O2. The van der Waals surface area contributed by atoms with Gasteiger partial charge in [0.15, 0.2) is 0 Å². The van der Waals surface area contributed by atoms with Crippen molar-refractivity contribution in [2.24, 2.45) is 0 Å². The minimum atomic E-state index is -0.430. The number of hydrogen-bond donors (Lipinski definition) is 1. The van der Waals surface area contributed by atoms with Gasteiger partial charge in [-0.15, -0.1) is 0 Å². The molecule has 1 unspecified atom stereocenters. The summed E-state index contributed by atoms with van der Waals surface area (Å²) < 4.78 is 8.15. The predicted octanol–water partition coefficient (Wildman–Crippen LogP) is 4.63. The van der Waals surface area contributed by atoms with Gasteiger partial charge in [-0.25, -0.2) is 4.79 Å². The minimum absolute atomic E-state index is 0.329. The third-order valence-corrected chi connectivity index (χ3v) is 5.32. The van der Waals surface area contributed by atoms with Gasteiger partial charge in [-0.2, -0.15) is 4.68 Å². The molecule has 1 aromatic carbocycles. The summed E-state index contributed by atoms with van der Waals surface area (Å²) in [7, 11) is 0. The number of anilines is 1. The number of nitrogens with one attached hydrogen (secondary N) is 1. The zero-order valence-electron chi connectivity index (χ0n) is 16.3. The van der Waals surface area contributed by atoms with Crippen molar-refractivity contribution >= 4 is 27.8 Å². The first kappa shape index (κ1) is 20.5. The molecule has 3 rings (SSSR count). The number of aromatic nitrogens is 4. The van der Waals surface area contributed by atoms with Crippen molar-refractivity contribution in [1.82, 2.24) is 20.2 Å². The Hall–Kier alpha value is -2.22. The Kier molecular flexibility index (Phi) is 7.19. The molecule has 0 fully saturated rings. The van der Waals surface area contributed by atoms with Gasteiger partial charge in [0.2, 0.25) is 5.95 Å². The quantitative estimate of drug-likeness (QED) is 0.445. The highest BCUT2D eigenvalue weighted by Gasteiger charge is 2.34. The molecular weight excluding hydrogens is 422 g/mol. The van der Waals surface area contributed by atoms with Gasteiger partial charge in [-0.3, -0.25) is 0 Å². The van der Waals surface area contributed by atoms with Crippen LogP contribution < -0.4 is 5.32 Å². The maximum absolute atomic E-state index is 12.9. The van der Waals surface area contributed by atoms with Crippen LogP contribution in [-0.4, -0.2) is 32.8 Å². The average molecular weight is 448 g/mol. The largest absolute Gasteiger partial charge is 0.462 e. The molecule has 1 atom stereocenters. The van der Waals surface area contributed by atoms with Crippen LogP contribution in [0.25, 0.3) is 0 Å². The zero-order chi connectivity index (χ0) is 19.9. The summed E-state index contributed by atoms with van der Waals surface area (Å²) in [5.74, 6) is 0.180. The van der Waals surface area contributed by atoms with Gasteiger partial charge in [0.25, 0.3) is 0 Å². The van der Waals surface area contributed by atoms with Crippen molar-refractivity contribution < 1.29 is 9.53 Å². The van der Waals surface area contributed by atoms with Crippen LogP contribution in [-0.2, 0) is 9.53 Å². The third-order valence-electron chi connectivity index (χ3n) is 4.83. The Morgan fingerprint density at radius 1 is 1.25 bits per heavy atom. The summed E-state index contributed by atoms with van der Waals surface area (Å²) in [5, 5.41) is 14.9. The summed E-state index contributed by atoms with van der Waals surface area (Å²) in [5.41, 5.74) is 2.15. The number of tetrazole rings is 1. The molecule has 2 heterocycles. The summed E-state index contributed by atoms with van der Waals surface area (Å²) in [6.07, 6.45) is 6.88. The van der Waals surface area contributed by atoms with E-state index in [1.54, 1.807) is 4.68 Å². The van der Waals surface area contributed by atoms with E-state index in [1.807, 2.05) is 31.2 Å². The first-order valence-electron chi connectivity index (χ1n) is 9.80.